The minimum absolute atomic E-state index is 0.00461. The molecule has 0 bridgehead atoms. The van der Waals surface area contributed by atoms with Gasteiger partial charge < -0.3 is 10.5 Å². The molecule has 0 atom stereocenters. The molecule has 0 saturated heterocycles. The molecule has 20 heavy (non-hydrogen) atoms. The molecule has 0 spiro atoms. The number of nitrogens with zero attached hydrogens (tertiary/aromatic N) is 1. The SMILES string of the molecule is COC(=O)CN(CCc1ccc(Cl)cc1Cl)CC(N)=O. The molecule has 1 amide bonds. The van der Waals surface area contributed by atoms with Gasteiger partial charge in [0.05, 0.1) is 20.2 Å². The molecule has 1 aromatic carbocycles. The van der Waals surface area contributed by atoms with E-state index in [0.717, 1.165) is 5.56 Å². The topological polar surface area (TPSA) is 72.6 Å². The maximum Gasteiger partial charge on any atom is 0.319 e. The zero-order valence-electron chi connectivity index (χ0n) is 11.1. The van der Waals surface area contributed by atoms with Crippen LogP contribution in [-0.2, 0) is 20.7 Å². The average Bonchev–Trinajstić information content (AvgIpc) is 2.36. The molecule has 0 aliphatic rings. The Morgan fingerprint density at radius 2 is 2.00 bits per heavy atom. The number of ether oxygens (including phenoxy) is 1. The van der Waals surface area contributed by atoms with Crippen molar-refractivity contribution in [2.24, 2.45) is 5.73 Å². The van der Waals surface area contributed by atoms with Gasteiger partial charge in [-0.25, -0.2) is 0 Å². The van der Waals surface area contributed by atoms with E-state index in [1.807, 2.05) is 6.07 Å². The summed E-state index contributed by atoms with van der Waals surface area (Å²) >= 11 is 11.9. The number of hydrogen-bond donors (Lipinski definition) is 1. The lowest BCUT2D eigenvalue weighted by Crippen LogP contribution is -2.39. The molecule has 2 N–H and O–H groups in total. The van der Waals surface area contributed by atoms with E-state index < -0.39 is 11.9 Å². The highest BCUT2D eigenvalue weighted by Crippen LogP contribution is 2.21. The molecule has 0 fully saturated rings. The van der Waals surface area contributed by atoms with Crippen LogP contribution in [0, 0.1) is 0 Å². The number of benzene rings is 1. The van der Waals surface area contributed by atoms with Crippen LogP contribution in [0.3, 0.4) is 0 Å². The summed E-state index contributed by atoms with van der Waals surface area (Å²) in [7, 11) is 1.29. The van der Waals surface area contributed by atoms with Crippen LogP contribution in [0.25, 0.3) is 0 Å². The molecule has 1 rings (SSSR count). The van der Waals surface area contributed by atoms with Gasteiger partial charge in [0.25, 0.3) is 0 Å². The van der Waals surface area contributed by atoms with Crippen LogP contribution < -0.4 is 5.73 Å². The smallest absolute Gasteiger partial charge is 0.319 e. The molecular weight excluding hydrogens is 303 g/mol. The van der Waals surface area contributed by atoms with Gasteiger partial charge >= 0.3 is 5.97 Å². The molecule has 110 valence electrons. The van der Waals surface area contributed by atoms with Gasteiger partial charge in [0.2, 0.25) is 5.91 Å². The molecule has 0 radical (unpaired) electrons. The lowest BCUT2D eigenvalue weighted by atomic mass is 10.1. The van der Waals surface area contributed by atoms with Crippen LogP contribution in [-0.4, -0.2) is 43.5 Å². The fourth-order valence-corrected chi connectivity index (χ4v) is 2.19. The molecule has 0 heterocycles. The van der Waals surface area contributed by atoms with Crippen molar-refractivity contribution >= 4 is 35.1 Å². The lowest BCUT2D eigenvalue weighted by molar-refractivity contribution is -0.142. The summed E-state index contributed by atoms with van der Waals surface area (Å²) in [4.78, 5) is 23.9. The maximum atomic E-state index is 11.3. The van der Waals surface area contributed by atoms with Crippen LogP contribution in [0.15, 0.2) is 18.2 Å². The second-order valence-electron chi connectivity index (χ2n) is 4.24. The number of hydrogen-bond acceptors (Lipinski definition) is 4. The summed E-state index contributed by atoms with van der Waals surface area (Å²) in [5.41, 5.74) is 6.04. The summed E-state index contributed by atoms with van der Waals surface area (Å²) in [6.07, 6.45) is 0.570. The normalized spacial score (nSPS) is 10.6. The minimum Gasteiger partial charge on any atom is -0.468 e. The standard InChI is InChI=1S/C13H16Cl2N2O3/c1-20-13(19)8-17(7-12(16)18)5-4-9-2-3-10(14)6-11(9)15/h2-3,6H,4-5,7-8H2,1H3,(H2,16,18). The van der Waals surface area contributed by atoms with E-state index in [1.54, 1.807) is 17.0 Å². The van der Waals surface area contributed by atoms with Crippen LogP contribution in [0.5, 0.6) is 0 Å². The number of nitrogens with two attached hydrogens (primary N) is 1. The zero-order valence-corrected chi connectivity index (χ0v) is 12.6. The minimum atomic E-state index is -0.504. The van der Waals surface area contributed by atoms with Crippen molar-refractivity contribution < 1.29 is 14.3 Å². The molecule has 1 aromatic rings. The highest BCUT2D eigenvalue weighted by Gasteiger charge is 2.14. The Morgan fingerprint density at radius 3 is 2.55 bits per heavy atom. The monoisotopic (exact) mass is 318 g/mol. The van der Waals surface area contributed by atoms with Crippen molar-refractivity contribution in [1.82, 2.24) is 4.90 Å². The Morgan fingerprint density at radius 1 is 1.30 bits per heavy atom. The molecule has 0 unspecified atom stereocenters. The first-order valence-electron chi connectivity index (χ1n) is 5.93. The first kappa shape index (κ1) is 16.8. The fraction of sp³-hybridized carbons (Fsp3) is 0.385. The van der Waals surface area contributed by atoms with E-state index in [2.05, 4.69) is 4.74 Å². The van der Waals surface area contributed by atoms with E-state index in [0.29, 0.717) is 23.0 Å². The summed E-state index contributed by atoms with van der Waals surface area (Å²) in [5, 5.41) is 1.11. The predicted molar refractivity (Wildman–Crippen MR) is 77.8 cm³/mol. The molecule has 5 nitrogen and oxygen atoms in total. The summed E-state index contributed by atoms with van der Waals surface area (Å²) in [6.45, 7) is 0.449. The number of rotatable bonds is 7. The molecule has 0 aromatic heterocycles. The second-order valence-corrected chi connectivity index (χ2v) is 5.08. The number of halogens is 2. The first-order valence-corrected chi connectivity index (χ1v) is 6.69. The second kappa shape index (κ2) is 8.09. The number of esters is 1. The summed E-state index contributed by atoms with van der Waals surface area (Å²) < 4.78 is 4.58. The highest BCUT2D eigenvalue weighted by molar-refractivity contribution is 6.35. The third kappa shape index (κ3) is 5.77. The van der Waals surface area contributed by atoms with E-state index in [1.165, 1.54) is 7.11 Å². The molecule has 0 aliphatic carbocycles. The largest absolute Gasteiger partial charge is 0.468 e. The van der Waals surface area contributed by atoms with Crippen molar-refractivity contribution in [1.29, 1.82) is 0 Å². The number of primary amides is 1. The van der Waals surface area contributed by atoms with Gasteiger partial charge in [0, 0.05) is 16.6 Å². The van der Waals surface area contributed by atoms with Gasteiger partial charge in [-0.05, 0) is 24.1 Å². The zero-order chi connectivity index (χ0) is 15.1. The van der Waals surface area contributed by atoms with E-state index in [4.69, 9.17) is 28.9 Å². The van der Waals surface area contributed by atoms with Crippen LogP contribution in [0.1, 0.15) is 5.56 Å². The third-order valence-electron chi connectivity index (χ3n) is 2.67. The van der Waals surface area contributed by atoms with Crippen LogP contribution >= 0.6 is 23.2 Å². The predicted octanol–water partition coefficient (Wildman–Crippen LogP) is 1.50. The third-order valence-corrected chi connectivity index (χ3v) is 3.26. The molecule has 0 saturated carbocycles. The number of methoxy groups -OCH3 is 1. The Labute approximate surface area is 127 Å². The van der Waals surface area contributed by atoms with Crippen molar-refractivity contribution in [2.45, 2.75) is 6.42 Å². The Bertz CT molecular complexity index is 495. The van der Waals surface area contributed by atoms with Crippen LogP contribution in [0.4, 0.5) is 0 Å². The van der Waals surface area contributed by atoms with Gasteiger partial charge in [-0.15, -0.1) is 0 Å². The number of carbonyl (C=O) groups is 2. The van der Waals surface area contributed by atoms with Gasteiger partial charge in [-0.2, -0.15) is 0 Å². The van der Waals surface area contributed by atoms with E-state index in [9.17, 15) is 9.59 Å². The average molecular weight is 319 g/mol. The van der Waals surface area contributed by atoms with Gasteiger partial charge in [0.15, 0.2) is 0 Å². The Hall–Kier alpha value is -1.30. The first-order chi connectivity index (χ1) is 9.42. The summed E-state index contributed by atoms with van der Waals surface area (Å²) in [5.74, 6) is -0.926. The molecule has 7 heteroatoms. The molecule has 0 aliphatic heterocycles. The van der Waals surface area contributed by atoms with Gasteiger partial charge in [0.1, 0.15) is 0 Å². The van der Waals surface area contributed by atoms with Crippen molar-refractivity contribution in [3.8, 4) is 0 Å². The van der Waals surface area contributed by atoms with Crippen molar-refractivity contribution in [2.75, 3.05) is 26.7 Å². The highest BCUT2D eigenvalue weighted by atomic mass is 35.5. The van der Waals surface area contributed by atoms with Crippen LogP contribution in [0.2, 0.25) is 10.0 Å². The van der Waals surface area contributed by atoms with Gasteiger partial charge in [-0.1, -0.05) is 29.3 Å². The van der Waals surface area contributed by atoms with Crippen molar-refractivity contribution in [3.05, 3.63) is 33.8 Å². The Balaban J connectivity index is 2.65. The molecular formula is C13H16Cl2N2O3. The number of amides is 1. The fourth-order valence-electron chi connectivity index (χ4n) is 1.68. The quantitative estimate of drug-likeness (QED) is 0.773. The van der Waals surface area contributed by atoms with E-state index >= 15 is 0 Å². The maximum absolute atomic E-state index is 11.3. The van der Waals surface area contributed by atoms with Gasteiger partial charge in [-0.3, -0.25) is 14.5 Å². The Kier molecular flexibility index (Phi) is 6.78. The summed E-state index contributed by atoms with van der Waals surface area (Å²) in [6, 6.07) is 5.20. The lowest BCUT2D eigenvalue weighted by Gasteiger charge is -2.19. The number of carbonyl (C=O) groups excluding carboxylic acids is 2. The van der Waals surface area contributed by atoms with E-state index in [-0.39, 0.29) is 13.1 Å². The van der Waals surface area contributed by atoms with Crippen molar-refractivity contribution in [3.63, 3.8) is 0 Å².